The molecule has 0 heterocycles. The molecule has 0 fully saturated rings. The molecule has 0 saturated heterocycles. The quantitative estimate of drug-likeness (QED) is 0.0732. The smallest absolute Gasteiger partial charge is 0.323 e. The largest absolute Gasteiger partial charge is 0.744 e. The Morgan fingerprint density at radius 2 is 0.628 bits per heavy atom. The number of carbonyl (C=O) groups is 5. The summed E-state index contributed by atoms with van der Waals surface area (Å²) in [4.78, 5) is 58.5. The summed E-state index contributed by atoms with van der Waals surface area (Å²) in [6.07, 6.45) is 0. The molecule has 0 aliphatic heterocycles. The summed E-state index contributed by atoms with van der Waals surface area (Å²) >= 11 is 0. The fraction of sp³-hybridized carbons (Fsp3) is 0. The van der Waals surface area contributed by atoms with Crippen LogP contribution >= 0.6 is 0 Å². The molecule has 8 rings (SSSR count). The second-order valence-corrected chi connectivity index (χ2v) is 25.7. The summed E-state index contributed by atoms with van der Waals surface area (Å²) in [5.74, 6) is -6.88. The van der Waals surface area contributed by atoms with Crippen molar-refractivity contribution in [3.63, 3.8) is 0 Å². The number of fused-ring (bicyclic) bond motifs is 2. The molecule has 29 nitrogen and oxygen atoms in total. The monoisotopic (exact) mass is 1300 g/mol. The van der Waals surface area contributed by atoms with Crippen LogP contribution in [-0.4, -0.2) is 107 Å². The van der Waals surface area contributed by atoms with Gasteiger partial charge in [0.2, 0.25) is 0 Å². The summed E-state index contributed by atoms with van der Waals surface area (Å²) in [7, 11) is -34.0. The van der Waals surface area contributed by atoms with Gasteiger partial charge in [-0.05, 0) is 121 Å². The van der Waals surface area contributed by atoms with Crippen LogP contribution in [0.3, 0.4) is 0 Å². The third-order valence-corrected chi connectivity index (χ3v) is 17.0. The molecule has 0 atom stereocenters. The molecule has 0 unspecified atom stereocenters. The summed E-state index contributed by atoms with van der Waals surface area (Å²) in [6.45, 7) is 0. The first kappa shape index (κ1) is 62.8. The fourth-order valence-corrected chi connectivity index (χ4v) is 12.2. The van der Waals surface area contributed by atoms with Gasteiger partial charge in [0.1, 0.15) is 72.3 Å². The Morgan fingerprint density at radius 3 is 0.942 bits per heavy atom. The van der Waals surface area contributed by atoms with Gasteiger partial charge < -0.3 is 59.2 Å². The molecule has 0 spiro atoms. The van der Waals surface area contributed by atoms with Gasteiger partial charge in [-0.25, -0.2) is 64.1 Å². The number of nitrogens with one attached hydrogen (secondary N) is 6. The van der Waals surface area contributed by atoms with E-state index >= 15 is 8.78 Å². The summed E-state index contributed by atoms with van der Waals surface area (Å²) in [5, 5.41) is 9.34. The Hall–Kier alpha value is -9.25. The first-order chi connectivity index (χ1) is 39.8. The van der Waals surface area contributed by atoms with E-state index in [0.29, 0.717) is 48.5 Å². The minimum Gasteiger partial charge on any atom is -0.744 e. The third-order valence-electron chi connectivity index (χ3n) is 11.9. The van der Waals surface area contributed by atoms with Crippen LogP contribution in [0.2, 0.25) is 0 Å². The van der Waals surface area contributed by atoms with E-state index in [0.717, 1.165) is 36.4 Å². The van der Waals surface area contributed by atoms with Gasteiger partial charge in [-0.15, -0.1) is 0 Å². The lowest BCUT2D eigenvalue weighted by atomic mass is 10.1. The maximum absolute atomic E-state index is 15.1. The Morgan fingerprint density at radius 1 is 0.314 bits per heavy atom. The number of hydrogen-bond donors (Lipinski definition) is 6. The Bertz CT molecular complexity index is 4720. The van der Waals surface area contributed by atoms with Gasteiger partial charge in [0.15, 0.2) is 0 Å². The Kier molecular flexibility index (Phi) is 16.8. The molecule has 0 aliphatic carbocycles. The number of hydrogen-bond acceptors (Lipinski definition) is 23. The van der Waals surface area contributed by atoms with Crippen LogP contribution in [0, 0.1) is 11.6 Å². The highest BCUT2D eigenvalue weighted by molar-refractivity contribution is 7.87. The van der Waals surface area contributed by atoms with E-state index in [1.807, 2.05) is 0 Å². The highest BCUT2D eigenvalue weighted by atomic mass is 32.2. The van der Waals surface area contributed by atoms with Crippen LogP contribution < -0.4 is 31.9 Å². The van der Waals surface area contributed by atoms with Crippen LogP contribution in [-0.2, 0) is 60.7 Å². The van der Waals surface area contributed by atoms with Crippen molar-refractivity contribution < 1.29 is 111 Å². The van der Waals surface area contributed by atoms with Crippen molar-refractivity contribution in [2.24, 2.45) is 0 Å². The Balaban J connectivity index is 0.946. The molecule has 0 radical (unpaired) electrons. The van der Waals surface area contributed by atoms with Crippen molar-refractivity contribution in [1.29, 1.82) is 0 Å². The van der Waals surface area contributed by atoms with E-state index in [-0.39, 0.29) is 34.6 Å². The molecular weight excluding hydrogens is 1270 g/mol. The number of carbonyl (C=O) groups excluding carboxylic acids is 5. The van der Waals surface area contributed by atoms with Crippen molar-refractivity contribution in [2.45, 2.75) is 29.4 Å². The normalized spacial score (nSPS) is 12.3. The predicted molar refractivity (Wildman–Crippen MR) is 286 cm³/mol. The second kappa shape index (κ2) is 23.0. The molecule has 0 saturated carbocycles. The number of halogens is 2. The molecule has 0 aliphatic rings. The van der Waals surface area contributed by atoms with Crippen LogP contribution in [0.25, 0.3) is 21.5 Å². The minimum atomic E-state index is -5.81. The molecule has 86 heavy (non-hydrogen) atoms. The standard InChI is InChI=1S/C49H34F2N6O23S6/c50-33-9-7-25(47(60)54-35-11-13-39(83(69,70)71)31-19-29(81(63,64)65)21-41(43(31)35)85(75,76)77)17-37(33)56-45(58)23-3-1-5-27(15-23)52-49(62)53-28-6-2-4-24(16-28)46(59)57-38-18-26(8-10-34(38)51)48(61)55-36-12-14-40(84(72,73)74)32-20-30(82(66,67)68)22-42(44(32)36)86(78,79)80/h1-22H,(H,54,60)(H,55,61)(H,56,58)(H,57,59)(H2,52,53,62)(H,63,64,65)(H,66,67,68)(H,69,70,71)(H,72,73,74)(H,75,76,77)(H,78,79,80)/p-6. The van der Waals surface area contributed by atoms with Crippen LogP contribution in [0.15, 0.2) is 163 Å². The van der Waals surface area contributed by atoms with E-state index in [4.69, 9.17) is 0 Å². The van der Waals surface area contributed by atoms with Gasteiger partial charge in [0.25, 0.3) is 23.6 Å². The van der Waals surface area contributed by atoms with E-state index < -0.39 is 187 Å². The third kappa shape index (κ3) is 13.9. The number of urea groups is 1. The molecule has 0 bridgehead atoms. The molecule has 37 heteroatoms. The Labute approximate surface area is 482 Å². The lowest BCUT2D eigenvalue weighted by Crippen LogP contribution is -2.21. The van der Waals surface area contributed by atoms with Crippen molar-refractivity contribution in [3.05, 3.63) is 167 Å². The second-order valence-electron chi connectivity index (χ2n) is 17.6. The molecular formula is C49H28F2N6O23S6-6. The maximum atomic E-state index is 15.1. The van der Waals surface area contributed by atoms with Crippen molar-refractivity contribution in [3.8, 4) is 0 Å². The average molecular weight is 1300 g/mol. The van der Waals surface area contributed by atoms with E-state index in [1.165, 1.54) is 36.4 Å². The number of rotatable bonds is 16. The summed E-state index contributed by atoms with van der Waals surface area (Å²) < 4.78 is 247. The van der Waals surface area contributed by atoms with Crippen molar-refractivity contribution in [1.82, 2.24) is 0 Å². The van der Waals surface area contributed by atoms with Crippen LogP contribution in [0.1, 0.15) is 41.4 Å². The molecule has 448 valence electrons. The first-order valence-electron chi connectivity index (χ1n) is 22.9. The molecule has 8 aromatic carbocycles. The maximum Gasteiger partial charge on any atom is 0.323 e. The zero-order chi connectivity index (χ0) is 63.4. The minimum absolute atomic E-state index is 0.0696. The van der Waals surface area contributed by atoms with Gasteiger partial charge in [0, 0.05) is 55.2 Å². The van der Waals surface area contributed by atoms with Crippen molar-refractivity contribution in [2.75, 3.05) is 31.9 Å². The highest BCUT2D eigenvalue weighted by Gasteiger charge is 2.25. The molecule has 6 N–H and O–H groups in total. The van der Waals surface area contributed by atoms with Crippen molar-refractivity contribution >= 4 is 146 Å². The van der Waals surface area contributed by atoms with Gasteiger partial charge in [0.05, 0.1) is 52.1 Å². The van der Waals surface area contributed by atoms with Crippen LogP contribution in [0.5, 0.6) is 0 Å². The lowest BCUT2D eigenvalue weighted by molar-refractivity contribution is 0.101. The van der Waals surface area contributed by atoms with Gasteiger partial charge in [-0.2, -0.15) is 0 Å². The lowest BCUT2D eigenvalue weighted by Gasteiger charge is -2.20. The van der Waals surface area contributed by atoms with Crippen LogP contribution in [0.4, 0.5) is 47.7 Å². The zero-order valence-electron chi connectivity index (χ0n) is 41.8. The number of benzene rings is 8. The zero-order valence-corrected chi connectivity index (χ0v) is 46.7. The predicted octanol–water partition coefficient (Wildman–Crippen LogP) is 4.35. The van der Waals surface area contributed by atoms with E-state index in [9.17, 15) is 102 Å². The topological polar surface area (TPSA) is 501 Å². The van der Waals surface area contributed by atoms with E-state index in [1.54, 1.807) is 0 Å². The first-order valence-corrected chi connectivity index (χ1v) is 31.3. The van der Waals surface area contributed by atoms with Gasteiger partial charge in [-0.1, -0.05) is 12.1 Å². The molecule has 6 amide bonds. The fourth-order valence-electron chi connectivity index (χ4n) is 8.19. The molecule has 8 aromatic rings. The van der Waals surface area contributed by atoms with Gasteiger partial charge >= 0.3 is 6.03 Å². The average Bonchev–Trinajstić information content (AvgIpc) is 0.849. The summed E-state index contributed by atoms with van der Waals surface area (Å²) in [6, 6.07) is 16.6. The summed E-state index contributed by atoms with van der Waals surface area (Å²) in [5.41, 5.74) is -4.38. The molecule has 0 aromatic heterocycles. The highest BCUT2D eigenvalue weighted by Crippen LogP contribution is 2.39. The van der Waals surface area contributed by atoms with E-state index in [2.05, 4.69) is 31.9 Å². The number of anilines is 6. The SMILES string of the molecule is O=C(Nc1cccc(C(=O)Nc2cc(C(=O)Nc3ccc(S(=O)(=O)[O-])c4cc(S(=O)(=O)[O-])cc(S(=O)(=O)[O-])c34)ccc2F)c1)Nc1cccc(C(=O)Nc2cc(C(=O)Nc3ccc(S(=O)(=O)[O-])c4cc(S(=O)(=O)[O-])cc(S(=O)(=O)[O-])c34)ccc2F)c1. The number of amides is 6. The van der Waals surface area contributed by atoms with Gasteiger partial charge in [-0.3, -0.25) is 19.2 Å².